The first-order chi connectivity index (χ1) is 8.48. The van der Waals surface area contributed by atoms with E-state index in [2.05, 4.69) is 16.8 Å². The second-order valence-electron chi connectivity index (χ2n) is 4.82. The van der Waals surface area contributed by atoms with E-state index < -0.39 is 11.9 Å². The standard InChI is InChI=1S/C13H17F3N2/c1-10-5-2-3-8-18(10)9-11-6-4-7-17-12(11)13(14,15)16/h4,6-7,10H,2-3,5,8-9H2,1H3. The van der Waals surface area contributed by atoms with E-state index in [9.17, 15) is 13.2 Å². The Labute approximate surface area is 105 Å². The fourth-order valence-corrected chi connectivity index (χ4v) is 2.43. The predicted octanol–water partition coefficient (Wildman–Crippen LogP) is 3.47. The van der Waals surface area contributed by atoms with Crippen LogP contribution in [0.2, 0.25) is 0 Å². The highest BCUT2D eigenvalue weighted by molar-refractivity contribution is 5.22. The van der Waals surface area contributed by atoms with Gasteiger partial charge in [0.15, 0.2) is 0 Å². The van der Waals surface area contributed by atoms with Crippen LogP contribution in [0.15, 0.2) is 18.3 Å². The summed E-state index contributed by atoms with van der Waals surface area (Å²) in [7, 11) is 0. The molecule has 1 fully saturated rings. The van der Waals surface area contributed by atoms with Gasteiger partial charge in [-0.15, -0.1) is 0 Å². The molecule has 0 radical (unpaired) electrons. The largest absolute Gasteiger partial charge is 0.433 e. The van der Waals surface area contributed by atoms with Gasteiger partial charge in [-0.2, -0.15) is 13.2 Å². The van der Waals surface area contributed by atoms with Crippen LogP contribution in [0.25, 0.3) is 0 Å². The van der Waals surface area contributed by atoms with Gasteiger partial charge in [-0.3, -0.25) is 9.88 Å². The molecule has 1 unspecified atom stereocenters. The third-order valence-electron chi connectivity index (χ3n) is 3.47. The number of aromatic nitrogens is 1. The molecule has 2 nitrogen and oxygen atoms in total. The molecule has 1 aromatic rings. The SMILES string of the molecule is CC1CCCCN1Cc1cccnc1C(F)(F)F. The topological polar surface area (TPSA) is 16.1 Å². The monoisotopic (exact) mass is 258 g/mol. The number of piperidine rings is 1. The van der Waals surface area contributed by atoms with E-state index in [0.717, 1.165) is 25.8 Å². The predicted molar refractivity (Wildman–Crippen MR) is 63.0 cm³/mol. The lowest BCUT2D eigenvalue weighted by Crippen LogP contribution is -2.37. The van der Waals surface area contributed by atoms with Crippen molar-refractivity contribution in [3.63, 3.8) is 0 Å². The molecule has 2 rings (SSSR count). The van der Waals surface area contributed by atoms with Gasteiger partial charge >= 0.3 is 6.18 Å². The zero-order chi connectivity index (χ0) is 13.2. The second-order valence-corrected chi connectivity index (χ2v) is 4.82. The first-order valence-corrected chi connectivity index (χ1v) is 6.23. The van der Waals surface area contributed by atoms with Crippen LogP contribution in [0, 0.1) is 0 Å². The number of alkyl halides is 3. The number of pyridine rings is 1. The summed E-state index contributed by atoms with van der Waals surface area (Å²) >= 11 is 0. The smallest absolute Gasteiger partial charge is 0.296 e. The van der Waals surface area contributed by atoms with E-state index in [1.165, 1.54) is 12.3 Å². The first-order valence-electron chi connectivity index (χ1n) is 6.23. The van der Waals surface area contributed by atoms with Crippen LogP contribution in [0.1, 0.15) is 37.4 Å². The Hall–Kier alpha value is -1.10. The van der Waals surface area contributed by atoms with E-state index in [-0.39, 0.29) is 5.56 Å². The van der Waals surface area contributed by atoms with Gasteiger partial charge in [0, 0.05) is 18.8 Å². The maximum absolute atomic E-state index is 12.8. The Bertz CT molecular complexity index is 403. The average molecular weight is 258 g/mol. The van der Waals surface area contributed by atoms with E-state index in [1.54, 1.807) is 6.07 Å². The minimum Gasteiger partial charge on any atom is -0.296 e. The van der Waals surface area contributed by atoms with Crippen molar-refractivity contribution in [1.29, 1.82) is 0 Å². The highest BCUT2D eigenvalue weighted by atomic mass is 19.4. The summed E-state index contributed by atoms with van der Waals surface area (Å²) in [6.45, 7) is 3.28. The molecule has 1 atom stereocenters. The van der Waals surface area contributed by atoms with Crippen molar-refractivity contribution in [2.24, 2.45) is 0 Å². The molecule has 0 aliphatic carbocycles. The zero-order valence-corrected chi connectivity index (χ0v) is 10.4. The Kier molecular flexibility index (Phi) is 3.90. The van der Waals surface area contributed by atoms with Crippen LogP contribution in [-0.4, -0.2) is 22.5 Å². The summed E-state index contributed by atoms with van der Waals surface area (Å²) < 4.78 is 38.5. The van der Waals surface area contributed by atoms with Crippen LogP contribution >= 0.6 is 0 Å². The van der Waals surface area contributed by atoms with E-state index in [4.69, 9.17) is 0 Å². The molecule has 1 aliphatic rings. The molecule has 18 heavy (non-hydrogen) atoms. The lowest BCUT2D eigenvalue weighted by molar-refractivity contribution is -0.142. The van der Waals surface area contributed by atoms with Crippen LogP contribution < -0.4 is 0 Å². The molecule has 0 N–H and O–H groups in total. The summed E-state index contributed by atoms with van der Waals surface area (Å²) in [4.78, 5) is 5.60. The van der Waals surface area contributed by atoms with Gasteiger partial charge in [0.25, 0.3) is 0 Å². The zero-order valence-electron chi connectivity index (χ0n) is 10.4. The second kappa shape index (κ2) is 5.26. The van der Waals surface area contributed by atoms with Gasteiger partial charge < -0.3 is 0 Å². The number of hydrogen-bond donors (Lipinski definition) is 0. The number of hydrogen-bond acceptors (Lipinski definition) is 2. The third-order valence-corrected chi connectivity index (χ3v) is 3.47. The van der Waals surface area contributed by atoms with Crippen LogP contribution in [0.4, 0.5) is 13.2 Å². The van der Waals surface area contributed by atoms with Crippen molar-refractivity contribution in [3.8, 4) is 0 Å². The maximum atomic E-state index is 12.8. The fourth-order valence-electron chi connectivity index (χ4n) is 2.43. The van der Waals surface area contributed by atoms with Crippen LogP contribution in [-0.2, 0) is 12.7 Å². The summed E-state index contributed by atoms with van der Waals surface area (Å²) in [5.74, 6) is 0. The average Bonchev–Trinajstić information content (AvgIpc) is 2.31. The lowest BCUT2D eigenvalue weighted by atomic mass is 10.0. The molecule has 2 heterocycles. The molecule has 1 aliphatic heterocycles. The molecule has 1 saturated heterocycles. The van der Waals surface area contributed by atoms with Crippen molar-refractivity contribution >= 4 is 0 Å². The molecular weight excluding hydrogens is 241 g/mol. The number of nitrogens with zero attached hydrogens (tertiary/aromatic N) is 2. The Morgan fingerprint density at radius 3 is 2.83 bits per heavy atom. The lowest BCUT2D eigenvalue weighted by Gasteiger charge is -2.33. The quantitative estimate of drug-likeness (QED) is 0.807. The van der Waals surface area contributed by atoms with Crippen molar-refractivity contribution in [1.82, 2.24) is 9.88 Å². The third kappa shape index (κ3) is 3.02. The molecule has 0 amide bonds. The number of rotatable bonds is 2. The summed E-state index contributed by atoms with van der Waals surface area (Å²) in [5.41, 5.74) is -0.471. The van der Waals surface area contributed by atoms with Gasteiger partial charge in [-0.25, -0.2) is 0 Å². The first kappa shape index (κ1) is 13.3. The van der Waals surface area contributed by atoms with Crippen molar-refractivity contribution in [2.45, 2.75) is 44.9 Å². The van der Waals surface area contributed by atoms with Gasteiger partial charge in [0.2, 0.25) is 0 Å². The Balaban J connectivity index is 2.18. The van der Waals surface area contributed by atoms with Gasteiger partial charge in [-0.1, -0.05) is 12.5 Å². The van der Waals surface area contributed by atoms with E-state index in [0.29, 0.717) is 12.6 Å². The van der Waals surface area contributed by atoms with Crippen molar-refractivity contribution < 1.29 is 13.2 Å². The minimum atomic E-state index is -4.37. The molecular formula is C13H17F3N2. The Morgan fingerprint density at radius 1 is 1.39 bits per heavy atom. The number of likely N-dealkylation sites (tertiary alicyclic amines) is 1. The van der Waals surface area contributed by atoms with Gasteiger partial charge in [-0.05, 0) is 37.9 Å². The molecule has 0 bridgehead atoms. The summed E-state index contributed by atoms with van der Waals surface area (Å²) in [6, 6.07) is 3.44. The van der Waals surface area contributed by atoms with Gasteiger partial charge in [0.1, 0.15) is 5.69 Å². The molecule has 0 spiro atoms. The fraction of sp³-hybridized carbons (Fsp3) is 0.615. The van der Waals surface area contributed by atoms with Crippen molar-refractivity contribution in [3.05, 3.63) is 29.6 Å². The molecule has 5 heteroatoms. The molecule has 1 aromatic heterocycles. The normalized spacial score (nSPS) is 22.1. The highest BCUT2D eigenvalue weighted by Gasteiger charge is 2.35. The van der Waals surface area contributed by atoms with E-state index in [1.807, 2.05) is 0 Å². The summed E-state index contributed by atoms with van der Waals surface area (Å²) in [6.07, 6.45) is 0.117. The maximum Gasteiger partial charge on any atom is 0.433 e. The molecule has 0 saturated carbocycles. The highest BCUT2D eigenvalue weighted by Crippen LogP contribution is 2.31. The molecule has 100 valence electrons. The number of halogens is 3. The molecule has 0 aromatic carbocycles. The van der Waals surface area contributed by atoms with Gasteiger partial charge in [0.05, 0.1) is 0 Å². The van der Waals surface area contributed by atoms with Crippen LogP contribution in [0.3, 0.4) is 0 Å². The minimum absolute atomic E-state index is 0.277. The Morgan fingerprint density at radius 2 is 2.17 bits per heavy atom. The van der Waals surface area contributed by atoms with Crippen molar-refractivity contribution in [2.75, 3.05) is 6.54 Å². The summed E-state index contributed by atoms with van der Waals surface area (Å²) in [5, 5.41) is 0. The van der Waals surface area contributed by atoms with E-state index >= 15 is 0 Å². The van der Waals surface area contributed by atoms with Crippen LogP contribution in [0.5, 0.6) is 0 Å².